The third-order valence-corrected chi connectivity index (χ3v) is 7.88. The number of thioether (sulfide) groups is 1. The highest BCUT2D eigenvalue weighted by molar-refractivity contribution is 9.10. The number of carbonyl (C=O) groups is 2. The number of fused-ring (bicyclic) bond motifs is 1. The number of benzene rings is 2. The van der Waals surface area contributed by atoms with Crippen LogP contribution >= 0.6 is 27.7 Å². The van der Waals surface area contributed by atoms with Gasteiger partial charge in [0.15, 0.2) is 0 Å². The van der Waals surface area contributed by atoms with Crippen molar-refractivity contribution >= 4 is 44.9 Å². The van der Waals surface area contributed by atoms with E-state index in [2.05, 4.69) is 34.2 Å². The Morgan fingerprint density at radius 2 is 2.00 bits per heavy atom. The Hall–Kier alpha value is -2.96. The Labute approximate surface area is 223 Å². The summed E-state index contributed by atoms with van der Waals surface area (Å²) in [6.45, 7) is 8.89. The van der Waals surface area contributed by atoms with Crippen LogP contribution in [0.25, 0.3) is 6.08 Å². The van der Waals surface area contributed by atoms with Gasteiger partial charge in [0.1, 0.15) is 36.1 Å². The molecule has 1 unspecified atom stereocenters. The lowest BCUT2D eigenvalue weighted by molar-refractivity contribution is -0.115. The second kappa shape index (κ2) is 10.6. The molecule has 0 aromatic heterocycles. The number of imide groups is 1. The minimum absolute atomic E-state index is 0.350. The van der Waals surface area contributed by atoms with Gasteiger partial charge in [-0.1, -0.05) is 6.07 Å². The van der Waals surface area contributed by atoms with E-state index >= 15 is 0 Å². The molecule has 0 radical (unpaired) electrons. The number of nitrogens with zero attached hydrogens (tertiary/aromatic N) is 1. The SMILES string of the molecule is Cc1c(C)c2c(c(C)c1OCCC#N)CCC(C)(COc1ccc(/C=C3/SC(=O)NC3=O)cc1Br)O2. The normalized spacial score (nSPS) is 19.9. The molecule has 9 heteroatoms. The van der Waals surface area contributed by atoms with E-state index in [1.807, 2.05) is 39.0 Å². The Morgan fingerprint density at radius 1 is 1.22 bits per heavy atom. The summed E-state index contributed by atoms with van der Waals surface area (Å²) in [7, 11) is 0. The van der Waals surface area contributed by atoms with Crippen molar-refractivity contribution in [1.82, 2.24) is 5.32 Å². The molecule has 2 heterocycles. The molecule has 7 nitrogen and oxygen atoms in total. The van der Waals surface area contributed by atoms with Crippen molar-refractivity contribution in [2.75, 3.05) is 13.2 Å². The molecule has 1 saturated heterocycles. The van der Waals surface area contributed by atoms with E-state index in [0.29, 0.717) is 30.3 Å². The van der Waals surface area contributed by atoms with E-state index < -0.39 is 5.60 Å². The highest BCUT2D eigenvalue weighted by Gasteiger charge is 2.36. The third-order valence-electron chi connectivity index (χ3n) is 6.45. The number of halogens is 1. The van der Waals surface area contributed by atoms with Gasteiger partial charge in [0.05, 0.1) is 21.9 Å². The molecule has 2 aromatic rings. The lowest BCUT2D eigenvalue weighted by Crippen LogP contribution is -2.42. The van der Waals surface area contributed by atoms with E-state index in [-0.39, 0.29) is 11.1 Å². The summed E-state index contributed by atoms with van der Waals surface area (Å²) in [5.74, 6) is 2.02. The summed E-state index contributed by atoms with van der Waals surface area (Å²) < 4.78 is 19.4. The monoisotopic (exact) mass is 570 g/mol. The molecule has 0 aliphatic carbocycles. The van der Waals surface area contributed by atoms with E-state index in [4.69, 9.17) is 19.5 Å². The molecule has 188 valence electrons. The van der Waals surface area contributed by atoms with E-state index in [1.165, 1.54) is 0 Å². The number of carbonyl (C=O) groups excluding carboxylic acids is 2. The number of rotatable bonds is 7. The van der Waals surface area contributed by atoms with Crippen LogP contribution in [0, 0.1) is 32.1 Å². The maximum atomic E-state index is 11.8. The second-order valence-corrected chi connectivity index (χ2v) is 11.0. The number of nitrogens with one attached hydrogen (secondary N) is 1. The molecule has 2 amide bonds. The fraction of sp³-hybridized carbons (Fsp3) is 0.370. The van der Waals surface area contributed by atoms with Crippen LogP contribution in [0.3, 0.4) is 0 Å². The van der Waals surface area contributed by atoms with Gasteiger partial charge < -0.3 is 14.2 Å². The quantitative estimate of drug-likeness (QED) is 0.314. The first-order chi connectivity index (χ1) is 17.1. The van der Waals surface area contributed by atoms with Crippen LogP contribution in [0.1, 0.15) is 47.6 Å². The standard InChI is InChI=1S/C27H27BrN2O5S/c1-15-16(2)24-19(17(3)23(15)33-11-5-10-29)8-9-27(4,35-24)14-34-21-7-6-18(12-20(21)28)13-22-25(31)30-26(32)36-22/h6-7,12-13H,5,8-9,11,14H2,1-4H3,(H,30,31,32)/b22-13+. The predicted molar refractivity (Wildman–Crippen MR) is 142 cm³/mol. The average Bonchev–Trinajstić information content (AvgIpc) is 3.15. The van der Waals surface area contributed by atoms with Gasteiger partial charge in [-0.3, -0.25) is 14.9 Å². The highest BCUT2D eigenvalue weighted by Crippen LogP contribution is 2.44. The van der Waals surface area contributed by atoms with Crippen molar-refractivity contribution < 1.29 is 23.8 Å². The van der Waals surface area contributed by atoms with Crippen molar-refractivity contribution in [1.29, 1.82) is 5.26 Å². The Kier molecular flexibility index (Phi) is 7.67. The summed E-state index contributed by atoms with van der Waals surface area (Å²) in [5.41, 5.74) is 4.55. The van der Waals surface area contributed by atoms with E-state index in [9.17, 15) is 9.59 Å². The highest BCUT2D eigenvalue weighted by atomic mass is 79.9. The summed E-state index contributed by atoms with van der Waals surface area (Å²) >= 11 is 4.44. The van der Waals surface area contributed by atoms with Crippen molar-refractivity contribution in [3.05, 3.63) is 55.4 Å². The maximum Gasteiger partial charge on any atom is 0.290 e. The number of hydrogen-bond donors (Lipinski definition) is 1. The molecule has 36 heavy (non-hydrogen) atoms. The smallest absolute Gasteiger partial charge is 0.290 e. The van der Waals surface area contributed by atoms with Gasteiger partial charge in [-0.05, 0) is 109 Å². The molecule has 2 aliphatic heterocycles. The van der Waals surface area contributed by atoms with Gasteiger partial charge in [0.25, 0.3) is 11.1 Å². The lowest BCUT2D eigenvalue weighted by Gasteiger charge is -2.38. The van der Waals surface area contributed by atoms with Crippen LogP contribution < -0.4 is 19.5 Å². The van der Waals surface area contributed by atoms with Crippen LogP contribution in [0.15, 0.2) is 27.6 Å². The summed E-state index contributed by atoms with van der Waals surface area (Å²) in [4.78, 5) is 23.5. The Bertz CT molecular complexity index is 1320. The van der Waals surface area contributed by atoms with Crippen LogP contribution in [-0.4, -0.2) is 30.0 Å². The minimum atomic E-state index is -0.515. The van der Waals surface area contributed by atoms with Crippen LogP contribution in [0.5, 0.6) is 17.2 Å². The van der Waals surface area contributed by atoms with Crippen LogP contribution in [0.2, 0.25) is 0 Å². The van der Waals surface area contributed by atoms with Crippen LogP contribution in [-0.2, 0) is 11.2 Å². The molecule has 1 atom stereocenters. The second-order valence-electron chi connectivity index (χ2n) is 9.15. The van der Waals surface area contributed by atoms with Gasteiger partial charge >= 0.3 is 0 Å². The largest absolute Gasteiger partial charge is 0.492 e. The Morgan fingerprint density at radius 3 is 2.67 bits per heavy atom. The van der Waals surface area contributed by atoms with Crippen molar-refractivity contribution in [3.63, 3.8) is 0 Å². The van der Waals surface area contributed by atoms with E-state index in [1.54, 1.807) is 6.08 Å². The zero-order valence-corrected chi connectivity index (χ0v) is 23.0. The summed E-state index contributed by atoms with van der Waals surface area (Å²) in [6, 6.07) is 7.64. The van der Waals surface area contributed by atoms with Crippen molar-refractivity contribution in [2.45, 2.75) is 52.6 Å². The molecule has 4 rings (SSSR count). The third kappa shape index (κ3) is 5.40. The molecule has 0 bridgehead atoms. The first kappa shape index (κ1) is 26.1. The number of ether oxygens (including phenoxy) is 3. The zero-order chi connectivity index (χ0) is 26.0. The average molecular weight is 571 g/mol. The first-order valence-corrected chi connectivity index (χ1v) is 13.2. The lowest BCUT2D eigenvalue weighted by atomic mass is 9.87. The zero-order valence-electron chi connectivity index (χ0n) is 20.6. The predicted octanol–water partition coefficient (Wildman–Crippen LogP) is 6.15. The van der Waals surface area contributed by atoms with Gasteiger partial charge in [-0.25, -0.2) is 0 Å². The number of nitriles is 1. The van der Waals surface area contributed by atoms with Crippen molar-refractivity contribution in [3.8, 4) is 23.3 Å². The van der Waals surface area contributed by atoms with Gasteiger partial charge in [-0.15, -0.1) is 0 Å². The molecular weight excluding hydrogens is 544 g/mol. The molecule has 2 aliphatic rings. The van der Waals surface area contributed by atoms with Gasteiger partial charge in [-0.2, -0.15) is 5.26 Å². The molecule has 1 N–H and O–H groups in total. The molecule has 0 saturated carbocycles. The Balaban J connectivity index is 1.48. The fourth-order valence-corrected chi connectivity index (χ4v) is 5.52. The number of amides is 2. The van der Waals surface area contributed by atoms with Gasteiger partial charge in [0, 0.05) is 5.56 Å². The minimum Gasteiger partial charge on any atom is -0.492 e. The maximum absolute atomic E-state index is 11.8. The van der Waals surface area contributed by atoms with Gasteiger partial charge in [0.2, 0.25) is 0 Å². The van der Waals surface area contributed by atoms with Crippen LogP contribution in [0.4, 0.5) is 4.79 Å². The molecule has 1 fully saturated rings. The van der Waals surface area contributed by atoms with E-state index in [0.717, 1.165) is 68.4 Å². The molecular formula is C27H27BrN2O5S. The summed E-state index contributed by atoms with van der Waals surface area (Å²) in [6.07, 6.45) is 3.64. The summed E-state index contributed by atoms with van der Waals surface area (Å²) in [5, 5.41) is 10.7. The number of hydrogen-bond acceptors (Lipinski definition) is 7. The molecule has 2 aromatic carbocycles. The van der Waals surface area contributed by atoms with Crippen molar-refractivity contribution in [2.24, 2.45) is 0 Å². The molecule has 0 spiro atoms. The fourth-order valence-electron chi connectivity index (χ4n) is 4.33. The first-order valence-electron chi connectivity index (χ1n) is 11.6. The topological polar surface area (TPSA) is 97.6 Å².